The first-order valence-corrected chi connectivity index (χ1v) is 6.11. The van der Waals surface area contributed by atoms with Gasteiger partial charge in [-0.05, 0) is 12.1 Å². The number of rotatable bonds is 2. The number of nitrogens with zero attached hydrogens (tertiary/aromatic N) is 3. The highest BCUT2D eigenvalue weighted by atomic mass is 79.9. The Morgan fingerprint density at radius 1 is 1.22 bits per heavy atom. The zero-order valence-electron chi connectivity index (χ0n) is 9.25. The Bertz CT molecular complexity index is 684. The second kappa shape index (κ2) is 4.47. The van der Waals surface area contributed by atoms with Crippen LogP contribution in [0.25, 0.3) is 10.9 Å². The predicted octanol–water partition coefficient (Wildman–Crippen LogP) is 2.43. The van der Waals surface area contributed by atoms with E-state index >= 15 is 0 Å². The van der Waals surface area contributed by atoms with Crippen LogP contribution in [-0.4, -0.2) is 15.1 Å². The zero-order chi connectivity index (χ0) is 12.5. The van der Waals surface area contributed by atoms with Crippen molar-refractivity contribution in [2.75, 3.05) is 0 Å². The van der Waals surface area contributed by atoms with Gasteiger partial charge in [0, 0.05) is 21.6 Å². The summed E-state index contributed by atoms with van der Waals surface area (Å²) in [6, 6.07) is 7.28. The summed E-state index contributed by atoms with van der Waals surface area (Å²) in [6.07, 6.45) is 3.00. The van der Waals surface area contributed by atoms with E-state index in [0.717, 1.165) is 20.9 Å². The van der Waals surface area contributed by atoms with E-state index in [9.17, 15) is 0 Å². The Morgan fingerprint density at radius 2 is 2.11 bits per heavy atom. The third-order valence-corrected chi connectivity index (χ3v) is 3.43. The molecule has 1 unspecified atom stereocenters. The van der Waals surface area contributed by atoms with E-state index < -0.39 is 6.04 Å². The molecule has 2 N–H and O–H groups in total. The van der Waals surface area contributed by atoms with Gasteiger partial charge in [-0.25, -0.2) is 0 Å². The maximum absolute atomic E-state index is 6.14. The van der Waals surface area contributed by atoms with E-state index in [-0.39, 0.29) is 0 Å². The first-order chi connectivity index (χ1) is 8.77. The SMILES string of the molecule is NC(c1ncon1)c1ccc(Br)c2cccnc12. The van der Waals surface area contributed by atoms with Gasteiger partial charge in [0.1, 0.15) is 0 Å². The van der Waals surface area contributed by atoms with Crippen molar-refractivity contribution in [2.24, 2.45) is 5.73 Å². The molecule has 0 saturated carbocycles. The molecule has 5 nitrogen and oxygen atoms in total. The fraction of sp³-hybridized carbons (Fsp3) is 0.0833. The van der Waals surface area contributed by atoms with E-state index in [2.05, 4.69) is 31.1 Å². The number of pyridine rings is 1. The van der Waals surface area contributed by atoms with Crippen molar-refractivity contribution in [1.29, 1.82) is 0 Å². The van der Waals surface area contributed by atoms with Gasteiger partial charge in [0.15, 0.2) is 5.82 Å². The van der Waals surface area contributed by atoms with Crippen LogP contribution in [0, 0.1) is 0 Å². The lowest BCUT2D eigenvalue weighted by Gasteiger charge is -2.11. The Hall–Kier alpha value is -1.79. The highest BCUT2D eigenvalue weighted by molar-refractivity contribution is 9.10. The van der Waals surface area contributed by atoms with Gasteiger partial charge in [-0.2, -0.15) is 4.98 Å². The summed E-state index contributed by atoms with van der Waals surface area (Å²) in [7, 11) is 0. The van der Waals surface area contributed by atoms with E-state index in [1.165, 1.54) is 6.39 Å². The van der Waals surface area contributed by atoms with E-state index in [4.69, 9.17) is 10.3 Å². The smallest absolute Gasteiger partial charge is 0.213 e. The summed E-state index contributed by atoms with van der Waals surface area (Å²) in [4.78, 5) is 8.36. The molecule has 0 amide bonds. The first-order valence-electron chi connectivity index (χ1n) is 5.32. The van der Waals surface area contributed by atoms with Gasteiger partial charge in [-0.1, -0.05) is 33.2 Å². The highest BCUT2D eigenvalue weighted by Crippen LogP contribution is 2.29. The van der Waals surface area contributed by atoms with E-state index in [1.54, 1.807) is 6.20 Å². The molecule has 18 heavy (non-hydrogen) atoms. The van der Waals surface area contributed by atoms with Crippen LogP contribution in [-0.2, 0) is 0 Å². The summed E-state index contributed by atoms with van der Waals surface area (Å²) in [5, 5.41) is 4.78. The van der Waals surface area contributed by atoms with Crippen molar-refractivity contribution >= 4 is 26.8 Å². The molecule has 0 spiro atoms. The monoisotopic (exact) mass is 304 g/mol. The van der Waals surface area contributed by atoms with Crippen LogP contribution >= 0.6 is 15.9 Å². The minimum atomic E-state index is -0.450. The van der Waals surface area contributed by atoms with Crippen molar-refractivity contribution in [3.63, 3.8) is 0 Å². The second-order valence-corrected chi connectivity index (χ2v) is 4.66. The Morgan fingerprint density at radius 3 is 2.89 bits per heavy atom. The minimum absolute atomic E-state index is 0.448. The molecule has 90 valence electrons. The van der Waals surface area contributed by atoms with E-state index in [0.29, 0.717) is 5.82 Å². The molecule has 0 aliphatic rings. The Kier molecular flexibility index (Phi) is 2.81. The van der Waals surface area contributed by atoms with Crippen LogP contribution in [0.5, 0.6) is 0 Å². The number of fused-ring (bicyclic) bond motifs is 1. The Labute approximate surface area is 111 Å². The average molecular weight is 305 g/mol. The third-order valence-electron chi connectivity index (χ3n) is 2.74. The van der Waals surface area contributed by atoms with Gasteiger partial charge in [0.05, 0.1) is 11.6 Å². The van der Waals surface area contributed by atoms with Crippen LogP contribution in [0.15, 0.2) is 45.9 Å². The second-order valence-electron chi connectivity index (χ2n) is 3.80. The zero-order valence-corrected chi connectivity index (χ0v) is 10.8. The molecule has 1 atom stereocenters. The van der Waals surface area contributed by atoms with Gasteiger partial charge in [0.25, 0.3) is 0 Å². The molecule has 0 aliphatic heterocycles. The van der Waals surface area contributed by atoms with Crippen molar-refractivity contribution in [3.8, 4) is 0 Å². The Balaban J connectivity index is 2.21. The highest BCUT2D eigenvalue weighted by Gasteiger charge is 2.17. The summed E-state index contributed by atoms with van der Waals surface area (Å²) < 4.78 is 5.70. The standard InChI is InChI=1S/C12H9BrN4O/c13-9-4-3-8(10(14)12-16-6-18-17-12)11-7(9)2-1-5-15-11/h1-6,10H,14H2. The molecule has 0 radical (unpaired) electrons. The molecule has 3 aromatic rings. The maximum atomic E-state index is 6.14. The average Bonchev–Trinajstić information content (AvgIpc) is 2.93. The maximum Gasteiger partial charge on any atom is 0.213 e. The number of hydrogen-bond acceptors (Lipinski definition) is 5. The van der Waals surface area contributed by atoms with Gasteiger partial charge in [-0.15, -0.1) is 0 Å². The molecule has 0 saturated heterocycles. The topological polar surface area (TPSA) is 77.8 Å². The van der Waals surface area contributed by atoms with Crippen molar-refractivity contribution in [1.82, 2.24) is 15.1 Å². The minimum Gasteiger partial charge on any atom is -0.343 e. The number of hydrogen-bond donors (Lipinski definition) is 1. The molecule has 6 heteroatoms. The molecule has 0 fully saturated rings. The lowest BCUT2D eigenvalue weighted by molar-refractivity contribution is 0.407. The normalized spacial score (nSPS) is 12.8. The quantitative estimate of drug-likeness (QED) is 0.786. The van der Waals surface area contributed by atoms with Crippen LogP contribution in [0.1, 0.15) is 17.4 Å². The third kappa shape index (κ3) is 1.79. The van der Waals surface area contributed by atoms with Crippen molar-refractivity contribution in [3.05, 3.63) is 52.7 Å². The molecular formula is C12H9BrN4O. The predicted molar refractivity (Wildman–Crippen MR) is 69.8 cm³/mol. The lowest BCUT2D eigenvalue weighted by Crippen LogP contribution is -2.14. The summed E-state index contributed by atoms with van der Waals surface area (Å²) >= 11 is 3.50. The molecule has 1 aromatic carbocycles. The van der Waals surface area contributed by atoms with Crippen LogP contribution in [0.4, 0.5) is 0 Å². The fourth-order valence-electron chi connectivity index (χ4n) is 1.87. The molecule has 2 heterocycles. The number of benzene rings is 1. The fourth-order valence-corrected chi connectivity index (χ4v) is 2.32. The summed E-state index contributed by atoms with van der Waals surface area (Å²) in [5.41, 5.74) is 7.84. The van der Waals surface area contributed by atoms with Crippen LogP contribution in [0.3, 0.4) is 0 Å². The number of halogens is 1. The van der Waals surface area contributed by atoms with Gasteiger partial charge in [0.2, 0.25) is 6.39 Å². The molecule has 0 aliphatic carbocycles. The summed E-state index contributed by atoms with van der Waals surface area (Å²) in [6.45, 7) is 0. The molecule has 0 bridgehead atoms. The number of nitrogens with two attached hydrogens (primary N) is 1. The van der Waals surface area contributed by atoms with Crippen LogP contribution in [0.2, 0.25) is 0 Å². The van der Waals surface area contributed by atoms with Crippen molar-refractivity contribution < 1.29 is 4.52 Å². The largest absolute Gasteiger partial charge is 0.343 e. The van der Waals surface area contributed by atoms with Gasteiger partial charge in [-0.3, -0.25) is 4.98 Å². The molecular weight excluding hydrogens is 296 g/mol. The van der Waals surface area contributed by atoms with Gasteiger partial charge >= 0.3 is 0 Å². The lowest BCUT2D eigenvalue weighted by atomic mass is 10.0. The summed E-state index contributed by atoms with van der Waals surface area (Å²) in [5.74, 6) is 0.448. The molecule has 2 aromatic heterocycles. The first kappa shape index (κ1) is 11.3. The van der Waals surface area contributed by atoms with Crippen molar-refractivity contribution in [2.45, 2.75) is 6.04 Å². The molecule has 3 rings (SSSR count). The van der Waals surface area contributed by atoms with Gasteiger partial charge < -0.3 is 10.3 Å². The number of aromatic nitrogens is 3. The van der Waals surface area contributed by atoms with E-state index in [1.807, 2.05) is 24.3 Å². The van der Waals surface area contributed by atoms with Crippen LogP contribution < -0.4 is 5.73 Å².